The van der Waals surface area contributed by atoms with Gasteiger partial charge in [0, 0.05) is 36.9 Å². The molecule has 303 valence electrons. The number of imidazole rings is 1. The first-order valence-electron chi connectivity index (χ1n) is 21.3. The number of rotatable bonds is 8. The molecule has 61 heavy (non-hydrogen) atoms. The molecule has 4 heterocycles. The molecule has 5 nitrogen and oxygen atoms in total. The van der Waals surface area contributed by atoms with Crippen LogP contribution in [0, 0.1) is 19.1 Å². The normalized spacial score (nSPS) is 12.6. The Hall–Kier alpha value is -5.92. The third-order valence-corrected chi connectivity index (χ3v) is 15.0. The third-order valence-electron chi connectivity index (χ3n) is 10.8. The average Bonchev–Trinajstić information content (AvgIpc) is 3.88. The number of nitrogens with zero attached hydrogens (tertiary/aromatic N) is 4. The maximum atomic E-state index is 9.05. The molecule has 0 bridgehead atoms. The van der Waals surface area contributed by atoms with Gasteiger partial charge in [-0.25, -0.2) is 4.98 Å². The summed E-state index contributed by atoms with van der Waals surface area (Å²) in [5.74, 6) is 7.41. The molecular weight excluding hydrogens is 985 g/mol. The molecular formula is C54H46GeIrN4O-2. The summed E-state index contributed by atoms with van der Waals surface area (Å²) >= 11 is -2.32. The van der Waals surface area contributed by atoms with Crippen molar-refractivity contribution in [2.24, 2.45) is 0 Å². The van der Waals surface area contributed by atoms with Crippen molar-refractivity contribution in [2.75, 3.05) is 0 Å². The Labute approximate surface area is 377 Å². The van der Waals surface area contributed by atoms with Crippen molar-refractivity contribution in [3.63, 3.8) is 0 Å². The Morgan fingerprint density at radius 3 is 2.16 bits per heavy atom. The van der Waals surface area contributed by atoms with Crippen LogP contribution in [0.1, 0.15) is 32.4 Å². The largest absolute Gasteiger partial charge is 0 e. The standard InChI is InChI=1S/C31H20N3O.C23H26GeN.Ir/c1-20-14-19-25-24-10-7-11-26(29(24)35-31(25)32-20)30-33-27-12-5-6-13-28(27)34(30)23-17-15-22(16-18-23)21-8-3-2-4-9-21;1-18(19-11-7-5-8-12-19)15-21-16-23(20-13-9-6-10-14-20)25-17-22(21)24(2,3)4;/h2-10,12-19H,1H3;5-13,16-18H,15H2,1-4H3;/q2*-1;/i;15D2;. The fourth-order valence-corrected chi connectivity index (χ4v) is 10.6. The summed E-state index contributed by atoms with van der Waals surface area (Å²) in [6.45, 7) is 3.95. The van der Waals surface area contributed by atoms with Gasteiger partial charge >= 0.3 is 157 Å². The number of pyridine rings is 2. The average molecular weight is 1030 g/mol. The Kier molecular flexibility index (Phi) is 11.6. The number of furan rings is 1. The molecule has 7 heteroatoms. The summed E-state index contributed by atoms with van der Waals surface area (Å²) in [5, 5.41) is 2.01. The topological polar surface area (TPSA) is 56.7 Å². The molecule has 0 aliphatic heterocycles. The summed E-state index contributed by atoms with van der Waals surface area (Å²) < 4.78 is 27.7. The van der Waals surface area contributed by atoms with Crippen LogP contribution >= 0.6 is 0 Å². The number of hydrogen-bond acceptors (Lipinski definition) is 4. The van der Waals surface area contributed by atoms with Crippen LogP contribution in [-0.2, 0) is 26.5 Å². The van der Waals surface area contributed by atoms with Crippen LogP contribution < -0.4 is 4.40 Å². The molecule has 0 saturated heterocycles. The minimum atomic E-state index is -2.32. The summed E-state index contributed by atoms with van der Waals surface area (Å²) in [4.78, 5) is 14.3. The van der Waals surface area contributed by atoms with Gasteiger partial charge in [0.15, 0.2) is 0 Å². The zero-order valence-electron chi connectivity index (χ0n) is 36.8. The van der Waals surface area contributed by atoms with E-state index >= 15 is 0 Å². The molecule has 0 N–H and O–H groups in total. The van der Waals surface area contributed by atoms with Crippen LogP contribution in [0.3, 0.4) is 0 Å². The third kappa shape index (κ3) is 8.80. The molecule has 0 aliphatic rings. The number of hydrogen-bond donors (Lipinski definition) is 0. The molecule has 10 rings (SSSR count). The molecule has 0 saturated carbocycles. The SMILES string of the molecule is Cc1ccc2c(n1)oc1c(-c3nc4ccccc4n3-c3ccc(-c4ccccc4)cc3)[c-]ccc12.[2H]C([2H])(c1cc(-c2[c-]cccc2)nc[c]1[Ge]([CH3])([CH3])[CH3])C(C)c1ccccc1.[Ir]. The van der Waals surface area contributed by atoms with Crippen LogP contribution in [0.4, 0.5) is 0 Å². The predicted molar refractivity (Wildman–Crippen MR) is 251 cm³/mol. The van der Waals surface area contributed by atoms with Crippen LogP contribution in [0.15, 0.2) is 174 Å². The van der Waals surface area contributed by atoms with E-state index in [0.29, 0.717) is 5.71 Å². The number of benzene rings is 6. The van der Waals surface area contributed by atoms with E-state index in [1.54, 1.807) is 0 Å². The van der Waals surface area contributed by atoms with Crippen LogP contribution in [0.25, 0.3) is 72.6 Å². The quantitative estimate of drug-likeness (QED) is 0.112. The summed E-state index contributed by atoms with van der Waals surface area (Å²) in [6, 6.07) is 61.5. The second-order valence-electron chi connectivity index (χ2n) is 16.1. The predicted octanol–water partition coefficient (Wildman–Crippen LogP) is 13.2. The Bertz CT molecular complexity index is 3170. The molecule has 0 spiro atoms. The van der Waals surface area contributed by atoms with E-state index in [9.17, 15) is 0 Å². The van der Waals surface area contributed by atoms with Crippen LogP contribution in [-0.4, -0.2) is 32.8 Å². The molecule has 0 amide bonds. The van der Waals surface area contributed by atoms with Gasteiger partial charge in [0.2, 0.25) is 5.71 Å². The van der Waals surface area contributed by atoms with Gasteiger partial charge in [0.05, 0.1) is 22.4 Å². The second-order valence-corrected chi connectivity index (χ2v) is 26.7. The van der Waals surface area contributed by atoms with E-state index in [0.717, 1.165) is 76.9 Å². The van der Waals surface area contributed by atoms with E-state index in [1.165, 1.54) is 11.1 Å². The zero-order chi connectivity index (χ0) is 43.0. The first-order chi connectivity index (χ1) is 30.0. The number of aromatic nitrogens is 4. The van der Waals surface area contributed by atoms with Gasteiger partial charge < -0.3 is 8.98 Å². The van der Waals surface area contributed by atoms with Crippen molar-refractivity contribution in [1.29, 1.82) is 0 Å². The molecule has 1 radical (unpaired) electrons. The van der Waals surface area contributed by atoms with Crippen LogP contribution in [0.2, 0.25) is 17.3 Å². The fourth-order valence-electron chi connectivity index (χ4n) is 7.70. The van der Waals surface area contributed by atoms with Gasteiger partial charge in [-0.05, 0) is 54.4 Å². The molecule has 6 aromatic carbocycles. The van der Waals surface area contributed by atoms with Gasteiger partial charge in [-0.1, -0.05) is 65.5 Å². The molecule has 0 aliphatic carbocycles. The van der Waals surface area contributed by atoms with E-state index in [1.807, 2.05) is 123 Å². The fraction of sp³-hybridized carbons (Fsp3) is 0.130. The Morgan fingerprint density at radius 1 is 0.721 bits per heavy atom. The minimum absolute atomic E-state index is 0. The van der Waals surface area contributed by atoms with Crippen molar-refractivity contribution < 1.29 is 27.3 Å². The first kappa shape index (κ1) is 39.2. The number of fused-ring (bicyclic) bond motifs is 4. The monoisotopic (exact) mass is 1040 g/mol. The maximum absolute atomic E-state index is 9.05. The zero-order valence-corrected chi connectivity index (χ0v) is 39.3. The first-order valence-corrected chi connectivity index (χ1v) is 27.7. The van der Waals surface area contributed by atoms with Crippen molar-refractivity contribution in [1.82, 2.24) is 19.5 Å². The van der Waals surface area contributed by atoms with Gasteiger partial charge in [-0.15, -0.1) is 18.2 Å². The Morgan fingerprint density at radius 2 is 1.43 bits per heavy atom. The van der Waals surface area contributed by atoms with E-state index in [4.69, 9.17) is 12.1 Å². The van der Waals surface area contributed by atoms with Crippen molar-refractivity contribution in [3.8, 4) is 39.5 Å². The summed E-state index contributed by atoms with van der Waals surface area (Å²) in [5.41, 5.74) is 12.0. The molecule has 1 atom stereocenters. The minimum Gasteiger partial charge on any atom is 0 e. The molecule has 10 aromatic rings. The smallest absolute Gasteiger partial charge is 0 e. The maximum Gasteiger partial charge on any atom is 0 e. The van der Waals surface area contributed by atoms with Crippen LogP contribution in [0.5, 0.6) is 0 Å². The summed E-state index contributed by atoms with van der Waals surface area (Å²) in [6.07, 6.45) is 0.433. The van der Waals surface area contributed by atoms with Crippen molar-refractivity contribution >= 4 is 50.8 Å². The summed E-state index contributed by atoms with van der Waals surface area (Å²) in [7, 11) is 0. The molecule has 4 aromatic heterocycles. The van der Waals surface area contributed by atoms with E-state index in [2.05, 4.69) is 105 Å². The Balaban J connectivity index is 0.000000177. The molecule has 0 fully saturated rings. The van der Waals surface area contributed by atoms with E-state index < -0.39 is 19.6 Å². The van der Waals surface area contributed by atoms with E-state index in [-0.39, 0.29) is 26.0 Å². The number of aryl methyl sites for hydroxylation is 1. The number of para-hydroxylation sites is 2. The molecule has 1 unspecified atom stereocenters. The van der Waals surface area contributed by atoms with Crippen molar-refractivity contribution in [2.45, 2.75) is 43.4 Å². The van der Waals surface area contributed by atoms with Crippen molar-refractivity contribution in [3.05, 3.63) is 199 Å². The van der Waals surface area contributed by atoms with Gasteiger partial charge in [0.25, 0.3) is 0 Å². The second kappa shape index (κ2) is 18.0. The van der Waals surface area contributed by atoms with Gasteiger partial charge in [0.1, 0.15) is 0 Å². The van der Waals surface area contributed by atoms with Gasteiger partial charge in [-0.2, -0.15) is 0 Å². The van der Waals surface area contributed by atoms with Gasteiger partial charge in [-0.3, -0.25) is 4.98 Å².